The van der Waals surface area contributed by atoms with Gasteiger partial charge in [0.2, 0.25) is 0 Å². The first-order valence-corrected chi connectivity index (χ1v) is 5.76. The number of hydrogen-bond donors (Lipinski definition) is 2. The SMILES string of the molecule is COc1cccc(/C(=N/O)n2c(C)cc(=O)[nH]c2=O)c1. The van der Waals surface area contributed by atoms with Gasteiger partial charge in [0.1, 0.15) is 5.75 Å². The van der Waals surface area contributed by atoms with Crippen LogP contribution in [0.1, 0.15) is 11.3 Å². The first-order valence-electron chi connectivity index (χ1n) is 5.76. The van der Waals surface area contributed by atoms with Crippen LogP contribution < -0.4 is 16.0 Å². The normalized spacial score (nSPS) is 11.4. The van der Waals surface area contributed by atoms with Gasteiger partial charge in [0.15, 0.2) is 5.84 Å². The first-order chi connectivity index (χ1) is 9.56. The number of methoxy groups -OCH3 is 1. The second-order valence-electron chi connectivity index (χ2n) is 4.07. The second-order valence-corrected chi connectivity index (χ2v) is 4.07. The largest absolute Gasteiger partial charge is 0.497 e. The van der Waals surface area contributed by atoms with E-state index >= 15 is 0 Å². The number of nitrogens with one attached hydrogen (secondary N) is 1. The van der Waals surface area contributed by atoms with E-state index in [2.05, 4.69) is 10.1 Å². The second kappa shape index (κ2) is 5.43. The van der Waals surface area contributed by atoms with E-state index in [1.165, 1.54) is 13.2 Å². The lowest BCUT2D eigenvalue weighted by molar-refractivity contribution is 0.317. The van der Waals surface area contributed by atoms with E-state index in [0.29, 0.717) is 17.0 Å². The van der Waals surface area contributed by atoms with Crippen LogP contribution in [0.25, 0.3) is 0 Å². The Kier molecular flexibility index (Phi) is 3.69. The molecule has 0 amide bonds. The van der Waals surface area contributed by atoms with Crippen LogP contribution in [0.2, 0.25) is 0 Å². The predicted molar refractivity (Wildman–Crippen MR) is 72.8 cm³/mol. The van der Waals surface area contributed by atoms with Gasteiger partial charge in [-0.2, -0.15) is 0 Å². The highest BCUT2D eigenvalue weighted by atomic mass is 16.5. The molecule has 0 bridgehead atoms. The lowest BCUT2D eigenvalue weighted by atomic mass is 10.2. The summed E-state index contributed by atoms with van der Waals surface area (Å²) in [6.45, 7) is 1.57. The molecular formula is C13H13N3O4. The van der Waals surface area contributed by atoms with Crippen LogP contribution in [-0.4, -0.2) is 27.7 Å². The van der Waals surface area contributed by atoms with Crippen molar-refractivity contribution in [3.8, 4) is 5.75 Å². The van der Waals surface area contributed by atoms with Crippen molar-refractivity contribution in [3.63, 3.8) is 0 Å². The maximum Gasteiger partial charge on any atom is 0.334 e. The third kappa shape index (κ3) is 2.46. The molecule has 2 aromatic rings. The fraction of sp³-hybridized carbons (Fsp3) is 0.154. The van der Waals surface area contributed by atoms with Gasteiger partial charge in [-0.15, -0.1) is 0 Å². The Labute approximate surface area is 113 Å². The van der Waals surface area contributed by atoms with E-state index < -0.39 is 11.2 Å². The molecule has 1 aromatic heterocycles. The number of aromatic nitrogens is 2. The Morgan fingerprint density at radius 3 is 2.70 bits per heavy atom. The lowest BCUT2D eigenvalue weighted by Gasteiger charge is -2.11. The van der Waals surface area contributed by atoms with Crippen LogP contribution in [-0.2, 0) is 0 Å². The van der Waals surface area contributed by atoms with Crippen molar-refractivity contribution in [2.75, 3.05) is 7.11 Å². The zero-order valence-corrected chi connectivity index (χ0v) is 11.0. The standard InChI is InChI=1S/C13H13N3O4/c1-8-6-11(17)14-13(18)16(8)12(15-19)9-4-3-5-10(7-9)20-2/h3-7,19H,1-2H3,(H,14,17,18)/b15-12-. The third-order valence-corrected chi connectivity index (χ3v) is 2.76. The van der Waals surface area contributed by atoms with Gasteiger partial charge in [-0.1, -0.05) is 17.3 Å². The van der Waals surface area contributed by atoms with Crippen LogP contribution in [0.4, 0.5) is 0 Å². The maximum absolute atomic E-state index is 11.9. The molecule has 0 atom stereocenters. The Morgan fingerprint density at radius 1 is 1.35 bits per heavy atom. The fourth-order valence-corrected chi connectivity index (χ4v) is 1.87. The van der Waals surface area contributed by atoms with Crippen molar-refractivity contribution in [1.82, 2.24) is 9.55 Å². The summed E-state index contributed by atoms with van der Waals surface area (Å²) >= 11 is 0. The van der Waals surface area contributed by atoms with Crippen molar-refractivity contribution in [1.29, 1.82) is 0 Å². The first kappa shape index (κ1) is 13.6. The monoisotopic (exact) mass is 275 g/mol. The summed E-state index contributed by atoms with van der Waals surface area (Å²) in [6, 6.07) is 7.94. The van der Waals surface area contributed by atoms with Gasteiger partial charge >= 0.3 is 5.69 Å². The number of rotatable bonds is 2. The zero-order chi connectivity index (χ0) is 14.7. The van der Waals surface area contributed by atoms with Gasteiger partial charge in [0.05, 0.1) is 7.11 Å². The minimum absolute atomic E-state index is 0.00245. The number of benzene rings is 1. The highest BCUT2D eigenvalue weighted by Gasteiger charge is 2.13. The molecule has 2 N–H and O–H groups in total. The quantitative estimate of drug-likeness (QED) is 0.362. The highest BCUT2D eigenvalue weighted by Crippen LogP contribution is 2.14. The zero-order valence-electron chi connectivity index (χ0n) is 11.0. The fourth-order valence-electron chi connectivity index (χ4n) is 1.87. The van der Waals surface area contributed by atoms with Gasteiger partial charge in [0.25, 0.3) is 5.56 Å². The molecule has 0 aliphatic heterocycles. The molecule has 0 saturated carbocycles. The Hall–Kier alpha value is -2.83. The molecular weight excluding hydrogens is 262 g/mol. The van der Waals surface area contributed by atoms with Crippen LogP contribution in [0.5, 0.6) is 5.75 Å². The van der Waals surface area contributed by atoms with E-state index in [9.17, 15) is 14.8 Å². The summed E-state index contributed by atoms with van der Waals surface area (Å²) in [7, 11) is 1.51. The Balaban J connectivity index is 2.65. The van der Waals surface area contributed by atoms with E-state index in [1.807, 2.05) is 0 Å². The molecule has 0 radical (unpaired) electrons. The van der Waals surface area contributed by atoms with Crippen molar-refractivity contribution in [2.45, 2.75) is 6.92 Å². The van der Waals surface area contributed by atoms with Gasteiger partial charge in [-0.05, 0) is 19.1 Å². The van der Waals surface area contributed by atoms with Gasteiger partial charge in [-0.3, -0.25) is 9.78 Å². The molecule has 0 saturated heterocycles. The molecule has 7 heteroatoms. The number of hydrogen-bond acceptors (Lipinski definition) is 5. The van der Waals surface area contributed by atoms with Gasteiger partial charge in [0, 0.05) is 17.3 Å². The highest BCUT2D eigenvalue weighted by molar-refractivity contribution is 6.00. The minimum atomic E-state index is -0.675. The molecule has 7 nitrogen and oxygen atoms in total. The molecule has 0 aliphatic carbocycles. The van der Waals surface area contributed by atoms with Crippen LogP contribution in [0.15, 0.2) is 45.1 Å². The number of nitrogens with zero attached hydrogens (tertiary/aromatic N) is 2. The molecule has 0 aliphatic rings. The number of aromatic amines is 1. The number of oxime groups is 1. The van der Waals surface area contributed by atoms with Crippen molar-refractivity contribution < 1.29 is 9.94 Å². The number of ether oxygens (including phenoxy) is 1. The molecule has 2 rings (SSSR count). The summed E-state index contributed by atoms with van der Waals surface area (Å²) in [5.74, 6) is 0.557. The van der Waals surface area contributed by atoms with E-state index in [4.69, 9.17) is 4.74 Å². The van der Waals surface area contributed by atoms with Crippen LogP contribution >= 0.6 is 0 Å². The summed E-state index contributed by atoms with van der Waals surface area (Å²) < 4.78 is 6.19. The molecule has 1 heterocycles. The van der Waals surface area contributed by atoms with E-state index in [1.54, 1.807) is 31.2 Å². The summed E-state index contributed by atoms with van der Waals surface area (Å²) in [4.78, 5) is 25.2. The van der Waals surface area contributed by atoms with Gasteiger partial charge < -0.3 is 9.94 Å². The average Bonchev–Trinajstić information content (AvgIpc) is 2.42. The molecule has 0 fully saturated rings. The van der Waals surface area contributed by atoms with Crippen molar-refractivity contribution >= 4 is 5.84 Å². The molecule has 20 heavy (non-hydrogen) atoms. The summed E-state index contributed by atoms with van der Waals surface area (Å²) in [6.07, 6.45) is 0. The van der Waals surface area contributed by atoms with E-state index in [0.717, 1.165) is 4.57 Å². The number of H-pyrrole nitrogens is 1. The van der Waals surface area contributed by atoms with E-state index in [-0.39, 0.29) is 5.84 Å². The van der Waals surface area contributed by atoms with Crippen LogP contribution in [0.3, 0.4) is 0 Å². The van der Waals surface area contributed by atoms with Gasteiger partial charge in [-0.25, -0.2) is 9.36 Å². The average molecular weight is 275 g/mol. The maximum atomic E-state index is 11.9. The minimum Gasteiger partial charge on any atom is -0.497 e. The predicted octanol–water partition coefficient (Wildman–Crippen LogP) is 0.538. The molecule has 0 unspecified atom stereocenters. The Morgan fingerprint density at radius 2 is 2.10 bits per heavy atom. The van der Waals surface area contributed by atoms with Crippen molar-refractivity contribution in [3.05, 3.63) is 62.4 Å². The Bertz CT molecular complexity index is 774. The third-order valence-electron chi connectivity index (χ3n) is 2.76. The summed E-state index contributed by atoms with van der Waals surface area (Å²) in [5.41, 5.74) is -0.351. The lowest BCUT2D eigenvalue weighted by Crippen LogP contribution is -2.36. The molecule has 1 aromatic carbocycles. The topological polar surface area (TPSA) is 96.7 Å². The smallest absolute Gasteiger partial charge is 0.334 e. The molecule has 104 valence electrons. The van der Waals surface area contributed by atoms with Crippen LogP contribution in [0, 0.1) is 6.92 Å². The number of aryl methyl sites for hydroxylation is 1. The summed E-state index contributed by atoms with van der Waals surface area (Å²) in [5, 5.41) is 12.4. The molecule has 0 spiro atoms. The van der Waals surface area contributed by atoms with Crippen molar-refractivity contribution in [2.24, 2.45) is 5.16 Å².